The minimum atomic E-state index is -0.692. The Bertz CT molecular complexity index is 808. The zero-order valence-corrected chi connectivity index (χ0v) is 14.7. The van der Waals surface area contributed by atoms with Gasteiger partial charge in [-0.1, -0.05) is 11.6 Å². The summed E-state index contributed by atoms with van der Waals surface area (Å²) in [6.07, 6.45) is 1.33. The summed E-state index contributed by atoms with van der Waals surface area (Å²) >= 11 is 6.84. The fraction of sp³-hybridized carbons (Fsp3) is 0.286. The van der Waals surface area contributed by atoms with Gasteiger partial charge in [-0.2, -0.15) is 5.10 Å². The van der Waals surface area contributed by atoms with Crippen LogP contribution >= 0.6 is 22.9 Å². The lowest BCUT2D eigenvalue weighted by molar-refractivity contribution is 0.0527. The van der Waals surface area contributed by atoms with Crippen molar-refractivity contribution in [1.82, 2.24) is 9.78 Å². The molecule has 0 fully saturated rings. The zero-order chi connectivity index (χ0) is 18.0. The van der Waals surface area contributed by atoms with Crippen molar-refractivity contribution >= 4 is 45.7 Å². The highest BCUT2D eigenvalue weighted by atomic mass is 35.5. The zero-order valence-electron chi connectivity index (χ0n) is 13.2. The van der Waals surface area contributed by atoms with Crippen molar-refractivity contribution in [3.63, 3.8) is 0 Å². The third-order valence-corrected chi connectivity index (χ3v) is 4.68. The summed E-state index contributed by atoms with van der Waals surface area (Å²) in [7, 11) is 1.56. The molecule has 10 heteroatoms. The van der Waals surface area contributed by atoms with E-state index in [1.54, 1.807) is 20.9 Å². The van der Waals surface area contributed by atoms with Crippen molar-refractivity contribution in [2.75, 3.05) is 11.9 Å². The maximum Gasteiger partial charge on any atom is 0.341 e. The summed E-state index contributed by atoms with van der Waals surface area (Å²) < 4.78 is 6.29. The van der Waals surface area contributed by atoms with Crippen LogP contribution in [0.4, 0.5) is 5.00 Å². The number of rotatable bonds is 5. The van der Waals surface area contributed by atoms with Gasteiger partial charge in [-0.05, 0) is 19.4 Å². The highest BCUT2D eigenvalue weighted by Gasteiger charge is 2.27. The summed E-state index contributed by atoms with van der Waals surface area (Å²) in [6.45, 7) is 3.37. The standard InChI is InChI=1S/C14H15ClN4O4S/c1-4-23-14(22)8-6(2)10(11(16)20)24-13(8)18-12(21)9-7(15)5-17-19(9)3/h5H,4H2,1-3H3,(H2,16,20)(H,18,21). The molecule has 3 N–H and O–H groups in total. The van der Waals surface area contributed by atoms with Crippen molar-refractivity contribution < 1.29 is 19.1 Å². The van der Waals surface area contributed by atoms with Gasteiger partial charge < -0.3 is 15.8 Å². The van der Waals surface area contributed by atoms with Crippen molar-refractivity contribution in [2.24, 2.45) is 12.8 Å². The second kappa shape index (κ2) is 7.02. The molecule has 0 unspecified atom stereocenters. The largest absolute Gasteiger partial charge is 0.462 e. The first-order valence-corrected chi connectivity index (χ1v) is 8.06. The Morgan fingerprint density at radius 3 is 2.62 bits per heavy atom. The Morgan fingerprint density at radius 1 is 1.46 bits per heavy atom. The molecule has 0 bridgehead atoms. The van der Waals surface area contributed by atoms with Crippen molar-refractivity contribution in [2.45, 2.75) is 13.8 Å². The van der Waals surface area contributed by atoms with Gasteiger partial charge >= 0.3 is 5.97 Å². The van der Waals surface area contributed by atoms with Crippen LogP contribution in [0.15, 0.2) is 6.20 Å². The van der Waals surface area contributed by atoms with Crippen LogP contribution in [0.2, 0.25) is 5.02 Å². The van der Waals surface area contributed by atoms with E-state index in [0.29, 0.717) is 5.56 Å². The molecule has 0 aliphatic rings. The van der Waals surface area contributed by atoms with Crippen LogP contribution in [-0.2, 0) is 11.8 Å². The van der Waals surface area contributed by atoms with Gasteiger partial charge in [-0.15, -0.1) is 11.3 Å². The van der Waals surface area contributed by atoms with Crippen LogP contribution in [0.3, 0.4) is 0 Å². The Morgan fingerprint density at radius 2 is 2.12 bits per heavy atom. The molecule has 0 aliphatic carbocycles. The van der Waals surface area contributed by atoms with Gasteiger partial charge in [0, 0.05) is 7.05 Å². The Hall–Kier alpha value is -2.39. The molecular formula is C14H15ClN4O4S. The van der Waals surface area contributed by atoms with Gasteiger partial charge in [0.15, 0.2) is 0 Å². The minimum Gasteiger partial charge on any atom is -0.462 e. The number of hydrogen-bond acceptors (Lipinski definition) is 6. The summed E-state index contributed by atoms with van der Waals surface area (Å²) in [5.41, 5.74) is 5.90. The number of nitrogens with zero attached hydrogens (tertiary/aromatic N) is 2. The average Bonchev–Trinajstić information content (AvgIpc) is 2.99. The fourth-order valence-corrected chi connectivity index (χ4v) is 3.41. The topological polar surface area (TPSA) is 116 Å². The second-order valence-corrected chi connectivity index (χ2v) is 6.19. The molecule has 0 radical (unpaired) electrons. The number of hydrogen-bond donors (Lipinski definition) is 2. The number of thiophene rings is 1. The number of primary amides is 1. The number of anilines is 1. The predicted molar refractivity (Wildman–Crippen MR) is 89.7 cm³/mol. The van der Waals surface area contributed by atoms with E-state index >= 15 is 0 Å². The van der Waals surface area contributed by atoms with Gasteiger partial charge in [0.25, 0.3) is 11.8 Å². The SMILES string of the molecule is CCOC(=O)c1c(NC(=O)c2c(Cl)cnn2C)sc(C(N)=O)c1C. The lowest BCUT2D eigenvalue weighted by atomic mass is 10.1. The quantitative estimate of drug-likeness (QED) is 0.780. The van der Waals surface area contributed by atoms with Gasteiger partial charge in [0.05, 0.1) is 28.3 Å². The van der Waals surface area contributed by atoms with Crippen LogP contribution < -0.4 is 11.1 Å². The molecule has 2 aromatic heterocycles. The number of aryl methyl sites for hydroxylation is 1. The van der Waals surface area contributed by atoms with Crippen molar-refractivity contribution in [3.8, 4) is 0 Å². The van der Waals surface area contributed by atoms with E-state index in [9.17, 15) is 14.4 Å². The molecule has 0 atom stereocenters. The van der Waals surface area contributed by atoms with Crippen LogP contribution in [0.5, 0.6) is 0 Å². The molecule has 2 rings (SSSR count). The molecule has 2 amide bonds. The summed E-state index contributed by atoms with van der Waals surface area (Å²) in [6, 6.07) is 0. The molecule has 128 valence electrons. The maximum atomic E-state index is 12.4. The normalized spacial score (nSPS) is 10.5. The van der Waals surface area contributed by atoms with E-state index < -0.39 is 17.8 Å². The highest BCUT2D eigenvalue weighted by Crippen LogP contribution is 2.34. The van der Waals surface area contributed by atoms with Gasteiger partial charge in [0.2, 0.25) is 0 Å². The number of carbonyl (C=O) groups is 3. The first-order chi connectivity index (χ1) is 11.3. The predicted octanol–water partition coefficient (Wildman–Crippen LogP) is 1.97. The fourth-order valence-electron chi connectivity index (χ4n) is 2.11. The molecule has 0 saturated heterocycles. The first-order valence-electron chi connectivity index (χ1n) is 6.87. The van der Waals surface area contributed by atoms with E-state index in [-0.39, 0.29) is 32.8 Å². The smallest absolute Gasteiger partial charge is 0.341 e. The monoisotopic (exact) mass is 370 g/mol. The first kappa shape index (κ1) is 18.0. The summed E-state index contributed by atoms with van der Waals surface area (Å²) in [5, 5.41) is 6.79. The molecule has 0 aliphatic heterocycles. The molecular weight excluding hydrogens is 356 g/mol. The van der Waals surface area contributed by atoms with Gasteiger partial charge in [-0.3, -0.25) is 14.3 Å². The number of nitrogens with one attached hydrogen (secondary N) is 1. The number of halogens is 1. The molecule has 0 saturated carbocycles. The van der Waals surface area contributed by atoms with E-state index in [1.165, 1.54) is 10.9 Å². The number of esters is 1. The second-order valence-electron chi connectivity index (χ2n) is 4.76. The molecule has 0 spiro atoms. The summed E-state index contributed by atoms with van der Waals surface area (Å²) in [5.74, 6) is -1.91. The molecule has 24 heavy (non-hydrogen) atoms. The Kier molecular flexibility index (Phi) is 5.25. The molecule has 2 heterocycles. The molecule has 8 nitrogen and oxygen atoms in total. The van der Waals surface area contributed by atoms with Crippen LogP contribution in [-0.4, -0.2) is 34.2 Å². The van der Waals surface area contributed by atoms with Crippen LogP contribution in [0.1, 0.15) is 43.0 Å². The van der Waals surface area contributed by atoms with E-state index in [2.05, 4.69) is 10.4 Å². The number of ether oxygens (including phenoxy) is 1. The van der Waals surface area contributed by atoms with Crippen LogP contribution in [0, 0.1) is 6.92 Å². The van der Waals surface area contributed by atoms with Gasteiger partial charge in [0.1, 0.15) is 10.7 Å². The lowest BCUT2D eigenvalue weighted by Crippen LogP contribution is -2.18. The van der Waals surface area contributed by atoms with Crippen molar-refractivity contribution in [1.29, 1.82) is 0 Å². The third-order valence-electron chi connectivity index (χ3n) is 3.19. The minimum absolute atomic E-state index is 0.0993. The lowest BCUT2D eigenvalue weighted by Gasteiger charge is -2.07. The van der Waals surface area contributed by atoms with E-state index in [0.717, 1.165) is 11.3 Å². The number of carbonyl (C=O) groups excluding carboxylic acids is 3. The summed E-state index contributed by atoms with van der Waals surface area (Å²) in [4.78, 5) is 36.3. The average molecular weight is 371 g/mol. The third kappa shape index (κ3) is 3.26. The number of aromatic nitrogens is 2. The number of amides is 2. The Labute approximate surface area is 146 Å². The highest BCUT2D eigenvalue weighted by molar-refractivity contribution is 7.18. The van der Waals surface area contributed by atoms with Crippen LogP contribution in [0.25, 0.3) is 0 Å². The number of nitrogens with two attached hydrogens (primary N) is 1. The molecule has 0 aromatic carbocycles. The van der Waals surface area contributed by atoms with E-state index in [4.69, 9.17) is 22.1 Å². The van der Waals surface area contributed by atoms with Crippen molar-refractivity contribution in [3.05, 3.63) is 32.9 Å². The maximum absolute atomic E-state index is 12.4. The Balaban J connectivity index is 2.46. The van der Waals surface area contributed by atoms with Gasteiger partial charge in [-0.25, -0.2) is 4.79 Å². The molecule has 2 aromatic rings. The van der Waals surface area contributed by atoms with E-state index in [1.807, 2.05) is 0 Å².